The Kier molecular flexibility index (Phi) is 2.26. The molecule has 2 rings (SSSR count). The van der Waals surface area contributed by atoms with Gasteiger partial charge in [0.2, 0.25) is 0 Å². The maximum absolute atomic E-state index is 5.72. The lowest BCUT2D eigenvalue weighted by Gasteiger charge is -1.96. The van der Waals surface area contributed by atoms with Gasteiger partial charge in [-0.15, -0.1) is 5.10 Å². The van der Waals surface area contributed by atoms with E-state index in [1.54, 1.807) is 0 Å². The highest BCUT2D eigenvalue weighted by molar-refractivity contribution is 6.32. The number of nitrogens with zero attached hydrogens (tertiary/aromatic N) is 4. The lowest BCUT2D eigenvalue weighted by atomic mass is 10.6. The van der Waals surface area contributed by atoms with E-state index in [1.165, 1.54) is 23.3 Å². The van der Waals surface area contributed by atoms with Crippen molar-refractivity contribution in [3.05, 3.63) is 28.6 Å². The summed E-state index contributed by atoms with van der Waals surface area (Å²) in [7, 11) is 0. The Hall–Kier alpha value is -1.33. The second kappa shape index (κ2) is 3.43. The van der Waals surface area contributed by atoms with Crippen LogP contribution in [-0.2, 0) is 0 Å². The van der Waals surface area contributed by atoms with Crippen LogP contribution in [0.3, 0.4) is 0 Å². The molecule has 0 radical (unpaired) electrons. The Bertz CT molecular complexity index is 430. The molecule has 72 valence electrons. The minimum absolute atomic E-state index is 0.241. The van der Waals surface area contributed by atoms with Crippen molar-refractivity contribution in [3.8, 4) is 5.95 Å². The molecule has 5 nitrogen and oxygen atoms in total. The molecule has 2 aromatic rings. The molecular formula is C7H5Cl2N5. The van der Waals surface area contributed by atoms with E-state index in [0.29, 0.717) is 16.0 Å². The minimum Gasteiger partial charge on any atom is -0.381 e. The van der Waals surface area contributed by atoms with Gasteiger partial charge in [0.05, 0.1) is 23.6 Å². The maximum atomic E-state index is 5.72. The summed E-state index contributed by atoms with van der Waals surface area (Å²) >= 11 is 11.4. The van der Waals surface area contributed by atoms with Crippen molar-refractivity contribution >= 4 is 29.0 Å². The first-order valence-electron chi connectivity index (χ1n) is 3.65. The molecule has 14 heavy (non-hydrogen) atoms. The van der Waals surface area contributed by atoms with E-state index in [0.717, 1.165) is 0 Å². The molecule has 0 bridgehead atoms. The summed E-state index contributed by atoms with van der Waals surface area (Å²) in [5.41, 5.74) is 5.46. The third-order valence-electron chi connectivity index (χ3n) is 1.51. The molecule has 2 aromatic heterocycles. The van der Waals surface area contributed by atoms with Gasteiger partial charge in [-0.05, 0) is 0 Å². The molecule has 0 saturated carbocycles. The molecular weight excluding hydrogens is 225 g/mol. The van der Waals surface area contributed by atoms with Crippen LogP contribution < -0.4 is 5.73 Å². The van der Waals surface area contributed by atoms with Gasteiger partial charge in [-0.1, -0.05) is 23.2 Å². The summed E-state index contributed by atoms with van der Waals surface area (Å²) in [6.45, 7) is 0. The number of nitrogen functional groups attached to an aromatic ring is 1. The fourth-order valence-electron chi connectivity index (χ4n) is 0.892. The van der Waals surface area contributed by atoms with Crippen LogP contribution in [0.5, 0.6) is 0 Å². The molecule has 7 heteroatoms. The molecule has 2 heterocycles. The third kappa shape index (κ3) is 1.64. The molecule has 0 aliphatic rings. The summed E-state index contributed by atoms with van der Waals surface area (Å²) in [6, 6.07) is 0. The summed E-state index contributed by atoms with van der Waals surface area (Å²) in [5, 5.41) is 4.73. The van der Waals surface area contributed by atoms with E-state index in [1.807, 2.05) is 0 Å². The zero-order valence-electron chi connectivity index (χ0n) is 6.85. The lowest BCUT2D eigenvalue weighted by molar-refractivity contribution is 0.812. The van der Waals surface area contributed by atoms with Gasteiger partial charge in [0.15, 0.2) is 5.82 Å². The zero-order valence-corrected chi connectivity index (χ0v) is 8.37. The first-order chi connectivity index (χ1) is 6.66. The van der Waals surface area contributed by atoms with Crippen LogP contribution in [0.25, 0.3) is 5.95 Å². The van der Waals surface area contributed by atoms with Crippen molar-refractivity contribution in [2.24, 2.45) is 0 Å². The third-order valence-corrected chi connectivity index (χ3v) is 1.99. The average molecular weight is 230 g/mol. The second-order valence-corrected chi connectivity index (χ2v) is 3.35. The van der Waals surface area contributed by atoms with Gasteiger partial charge in [0.1, 0.15) is 5.02 Å². The van der Waals surface area contributed by atoms with Crippen molar-refractivity contribution in [1.82, 2.24) is 19.7 Å². The van der Waals surface area contributed by atoms with Crippen LogP contribution in [0.15, 0.2) is 18.6 Å². The van der Waals surface area contributed by atoms with E-state index in [2.05, 4.69) is 15.1 Å². The lowest BCUT2D eigenvalue weighted by Crippen LogP contribution is -2.01. The highest BCUT2D eigenvalue weighted by atomic mass is 35.5. The van der Waals surface area contributed by atoms with Crippen LogP contribution in [0, 0.1) is 0 Å². The topological polar surface area (TPSA) is 69.6 Å². The van der Waals surface area contributed by atoms with Gasteiger partial charge in [-0.2, -0.15) is 0 Å². The standard InChI is InChI=1S/C7H5Cl2N5/c8-4-1-11-7(12-2-4)14-3-5(9)6(10)13-14/h1-3H,(H2,10,13). The number of anilines is 1. The summed E-state index contributed by atoms with van der Waals surface area (Å²) in [5.74, 6) is 0.609. The molecule has 0 aromatic carbocycles. The Balaban J connectivity index is 2.44. The SMILES string of the molecule is Nc1nn(-c2ncc(Cl)cn2)cc1Cl. The minimum atomic E-state index is 0.241. The molecule has 0 aliphatic carbocycles. The van der Waals surface area contributed by atoms with Crippen molar-refractivity contribution in [2.45, 2.75) is 0 Å². The number of hydrogen-bond donors (Lipinski definition) is 1. The van der Waals surface area contributed by atoms with Gasteiger partial charge in [-0.25, -0.2) is 14.6 Å². The summed E-state index contributed by atoms with van der Waals surface area (Å²) in [4.78, 5) is 7.89. The van der Waals surface area contributed by atoms with Crippen LogP contribution in [-0.4, -0.2) is 19.7 Å². The molecule has 0 saturated heterocycles. The zero-order chi connectivity index (χ0) is 10.1. The van der Waals surface area contributed by atoms with Crippen molar-refractivity contribution in [3.63, 3.8) is 0 Å². The van der Waals surface area contributed by atoms with E-state index < -0.39 is 0 Å². The number of hydrogen-bond acceptors (Lipinski definition) is 4. The number of nitrogens with two attached hydrogens (primary N) is 1. The van der Waals surface area contributed by atoms with E-state index in [-0.39, 0.29) is 5.82 Å². The van der Waals surface area contributed by atoms with Crippen LogP contribution in [0.1, 0.15) is 0 Å². The molecule has 0 unspecified atom stereocenters. The number of halogens is 2. The van der Waals surface area contributed by atoms with Gasteiger partial charge in [0, 0.05) is 0 Å². The van der Waals surface area contributed by atoms with E-state index in [4.69, 9.17) is 28.9 Å². The van der Waals surface area contributed by atoms with Crippen molar-refractivity contribution in [1.29, 1.82) is 0 Å². The Morgan fingerprint density at radius 1 is 1.21 bits per heavy atom. The summed E-state index contributed by atoms with van der Waals surface area (Å²) < 4.78 is 1.38. The smallest absolute Gasteiger partial charge is 0.250 e. The number of aromatic nitrogens is 4. The maximum Gasteiger partial charge on any atom is 0.250 e. The quantitative estimate of drug-likeness (QED) is 0.806. The second-order valence-electron chi connectivity index (χ2n) is 2.51. The Morgan fingerprint density at radius 3 is 2.36 bits per heavy atom. The highest BCUT2D eigenvalue weighted by Gasteiger charge is 2.06. The molecule has 0 aliphatic heterocycles. The number of rotatable bonds is 1. The highest BCUT2D eigenvalue weighted by Crippen LogP contribution is 2.17. The molecule has 0 atom stereocenters. The molecule has 0 fully saturated rings. The van der Waals surface area contributed by atoms with Crippen molar-refractivity contribution < 1.29 is 0 Å². The average Bonchev–Trinajstić information content (AvgIpc) is 2.48. The molecule has 0 amide bonds. The van der Waals surface area contributed by atoms with Crippen LogP contribution in [0.4, 0.5) is 5.82 Å². The first-order valence-corrected chi connectivity index (χ1v) is 4.41. The van der Waals surface area contributed by atoms with Gasteiger partial charge in [-0.3, -0.25) is 0 Å². The normalized spacial score (nSPS) is 10.4. The molecule has 0 spiro atoms. The molecule has 2 N–H and O–H groups in total. The largest absolute Gasteiger partial charge is 0.381 e. The fourth-order valence-corrected chi connectivity index (χ4v) is 1.12. The monoisotopic (exact) mass is 229 g/mol. The summed E-state index contributed by atoms with van der Waals surface area (Å²) in [6.07, 6.45) is 4.46. The Morgan fingerprint density at radius 2 is 1.86 bits per heavy atom. The predicted octanol–water partition coefficient (Wildman–Crippen LogP) is 1.55. The van der Waals surface area contributed by atoms with Gasteiger partial charge in [0.25, 0.3) is 5.95 Å². The van der Waals surface area contributed by atoms with Crippen LogP contribution in [0.2, 0.25) is 10.0 Å². The van der Waals surface area contributed by atoms with Crippen LogP contribution >= 0.6 is 23.2 Å². The Labute approximate surface area is 89.5 Å². The van der Waals surface area contributed by atoms with E-state index >= 15 is 0 Å². The van der Waals surface area contributed by atoms with Gasteiger partial charge >= 0.3 is 0 Å². The fraction of sp³-hybridized carbons (Fsp3) is 0. The van der Waals surface area contributed by atoms with E-state index in [9.17, 15) is 0 Å². The van der Waals surface area contributed by atoms with Crippen molar-refractivity contribution in [2.75, 3.05) is 5.73 Å². The first kappa shape index (κ1) is 9.23. The van der Waals surface area contributed by atoms with Gasteiger partial charge < -0.3 is 5.73 Å². The predicted molar refractivity (Wildman–Crippen MR) is 53.6 cm³/mol.